The summed E-state index contributed by atoms with van der Waals surface area (Å²) in [5.41, 5.74) is -0.0401. The summed E-state index contributed by atoms with van der Waals surface area (Å²) < 4.78 is 55.9. The number of nitrogens with one attached hydrogen (secondary N) is 1. The summed E-state index contributed by atoms with van der Waals surface area (Å²) in [5, 5.41) is 12.6. The summed E-state index contributed by atoms with van der Waals surface area (Å²) in [6.45, 7) is 7.19. The molecule has 0 saturated carbocycles. The number of alkyl halides is 2. The molecule has 2 heterocycles. The Bertz CT molecular complexity index is 1200. The molecule has 0 aliphatic heterocycles. The SMILES string of the molecule is Cc1nc(N[C@H](C)c2cccc(C(F)(F)CO)c2F)c2cc(P(C)(=O)C(C)C)ncc2n1. The van der Waals surface area contributed by atoms with E-state index in [1.54, 1.807) is 26.6 Å². The summed E-state index contributed by atoms with van der Waals surface area (Å²) in [6.07, 6.45) is 1.52. The Balaban J connectivity index is 2.07. The highest BCUT2D eigenvalue weighted by molar-refractivity contribution is 7.71. The fourth-order valence-corrected chi connectivity index (χ4v) is 4.49. The number of nitrogens with zero attached hydrogens (tertiary/aromatic N) is 3. The highest BCUT2D eigenvalue weighted by Gasteiger charge is 2.35. The molecule has 10 heteroatoms. The third kappa shape index (κ3) is 4.50. The first-order valence-electron chi connectivity index (χ1n) is 10.1. The van der Waals surface area contributed by atoms with Gasteiger partial charge in [-0.3, -0.25) is 4.98 Å². The molecule has 1 aromatic carbocycles. The van der Waals surface area contributed by atoms with Crippen LogP contribution < -0.4 is 10.8 Å². The van der Waals surface area contributed by atoms with Crippen LogP contribution in [0.5, 0.6) is 0 Å². The van der Waals surface area contributed by atoms with Crippen LogP contribution in [0.15, 0.2) is 30.5 Å². The van der Waals surface area contributed by atoms with E-state index in [0.29, 0.717) is 28.0 Å². The normalized spacial score (nSPS) is 15.1. The van der Waals surface area contributed by atoms with Crippen LogP contribution in [0.3, 0.4) is 0 Å². The smallest absolute Gasteiger partial charge is 0.298 e. The van der Waals surface area contributed by atoms with Gasteiger partial charge in [-0.1, -0.05) is 26.0 Å². The number of rotatable bonds is 7. The molecule has 0 aliphatic rings. The lowest BCUT2D eigenvalue weighted by Crippen LogP contribution is -2.22. The lowest BCUT2D eigenvalue weighted by atomic mass is 10.00. The molecule has 1 unspecified atom stereocenters. The number of anilines is 1. The quantitative estimate of drug-likeness (QED) is 0.489. The largest absolute Gasteiger partial charge is 0.390 e. The molecule has 0 aliphatic carbocycles. The topological polar surface area (TPSA) is 88.0 Å². The summed E-state index contributed by atoms with van der Waals surface area (Å²) in [6, 6.07) is 4.59. The maximum Gasteiger partial charge on any atom is 0.298 e. The van der Waals surface area contributed by atoms with Crippen LogP contribution in [0.25, 0.3) is 10.9 Å². The predicted molar refractivity (Wildman–Crippen MR) is 120 cm³/mol. The summed E-state index contributed by atoms with van der Waals surface area (Å²) >= 11 is 0. The molecular formula is C22H26F3N4O2P. The maximum absolute atomic E-state index is 14.9. The summed E-state index contributed by atoms with van der Waals surface area (Å²) in [7, 11) is -2.74. The van der Waals surface area contributed by atoms with E-state index in [0.717, 1.165) is 6.07 Å². The fourth-order valence-electron chi connectivity index (χ4n) is 3.29. The van der Waals surface area contributed by atoms with Crippen molar-refractivity contribution in [2.75, 3.05) is 18.6 Å². The first kappa shape index (κ1) is 24.1. The van der Waals surface area contributed by atoms with Gasteiger partial charge in [0.2, 0.25) is 0 Å². The van der Waals surface area contributed by atoms with Gasteiger partial charge in [-0.05, 0) is 32.6 Å². The number of pyridine rings is 1. The molecule has 6 nitrogen and oxygen atoms in total. The van der Waals surface area contributed by atoms with Crippen molar-refractivity contribution in [1.82, 2.24) is 15.0 Å². The van der Waals surface area contributed by atoms with Crippen molar-refractivity contribution in [3.8, 4) is 0 Å². The number of aliphatic hydroxyl groups is 1. The second kappa shape index (κ2) is 8.79. The minimum atomic E-state index is -3.70. The number of hydrogen-bond acceptors (Lipinski definition) is 6. The average molecular weight is 466 g/mol. The molecule has 0 fully saturated rings. The number of aliphatic hydroxyl groups excluding tert-OH is 1. The van der Waals surface area contributed by atoms with Crippen LogP contribution in [0, 0.1) is 12.7 Å². The molecule has 0 spiro atoms. The van der Waals surface area contributed by atoms with E-state index in [4.69, 9.17) is 5.11 Å². The Morgan fingerprint density at radius 2 is 1.91 bits per heavy atom. The van der Waals surface area contributed by atoms with Gasteiger partial charge in [-0.25, -0.2) is 14.4 Å². The Hall–Kier alpha value is -2.51. The number of fused-ring (bicyclic) bond motifs is 1. The number of aromatic nitrogens is 3. The van der Waals surface area contributed by atoms with Gasteiger partial charge in [0, 0.05) is 16.6 Å². The molecule has 172 valence electrons. The van der Waals surface area contributed by atoms with Gasteiger partial charge in [0.05, 0.1) is 23.3 Å². The molecule has 3 rings (SSSR count). The monoisotopic (exact) mass is 466 g/mol. The van der Waals surface area contributed by atoms with Crippen molar-refractivity contribution in [3.63, 3.8) is 0 Å². The Kier molecular flexibility index (Phi) is 6.63. The molecule has 2 aromatic heterocycles. The predicted octanol–water partition coefficient (Wildman–Crippen LogP) is 4.76. The molecule has 0 saturated heterocycles. The number of hydrogen-bond donors (Lipinski definition) is 2. The average Bonchev–Trinajstić information content (AvgIpc) is 2.73. The van der Waals surface area contributed by atoms with Gasteiger partial charge in [0.25, 0.3) is 5.92 Å². The Labute approximate surface area is 184 Å². The van der Waals surface area contributed by atoms with E-state index in [1.165, 1.54) is 18.3 Å². The third-order valence-electron chi connectivity index (χ3n) is 5.56. The van der Waals surface area contributed by atoms with Crippen LogP contribution in [-0.2, 0) is 10.5 Å². The highest BCUT2D eigenvalue weighted by atomic mass is 31.2. The van der Waals surface area contributed by atoms with E-state index < -0.39 is 37.1 Å². The second-order valence-electron chi connectivity index (χ2n) is 8.20. The lowest BCUT2D eigenvalue weighted by molar-refractivity contribution is -0.0583. The van der Waals surface area contributed by atoms with Gasteiger partial charge in [-0.15, -0.1) is 0 Å². The standard InChI is InChI=1S/C22H26F3N4O2P/c1-12(2)32(5,31)19-9-16-18(10-26-19)28-14(4)29-21(16)27-13(3)15-7-6-8-17(20(15)23)22(24,25)11-30/h6-10,12-13,30H,11H2,1-5H3,(H,27,28,29)/t13-,32?/m1/s1. The first-order chi connectivity index (χ1) is 14.9. The van der Waals surface area contributed by atoms with Crippen LogP contribution in [0.2, 0.25) is 0 Å². The van der Waals surface area contributed by atoms with Crippen LogP contribution in [0.4, 0.5) is 19.0 Å². The lowest BCUT2D eigenvalue weighted by Gasteiger charge is -2.21. The van der Waals surface area contributed by atoms with E-state index in [1.807, 2.05) is 13.8 Å². The van der Waals surface area contributed by atoms with Crippen LogP contribution in [0.1, 0.15) is 43.8 Å². The molecule has 2 N–H and O–H groups in total. The zero-order valence-electron chi connectivity index (χ0n) is 18.5. The van der Waals surface area contributed by atoms with Gasteiger partial charge < -0.3 is 15.0 Å². The van der Waals surface area contributed by atoms with E-state index in [9.17, 15) is 17.7 Å². The minimum absolute atomic E-state index is 0.00216. The molecule has 32 heavy (non-hydrogen) atoms. The minimum Gasteiger partial charge on any atom is -0.390 e. The number of aryl methyl sites for hydroxylation is 1. The van der Waals surface area contributed by atoms with Gasteiger partial charge in [0.15, 0.2) is 0 Å². The third-order valence-corrected chi connectivity index (χ3v) is 8.69. The summed E-state index contributed by atoms with van der Waals surface area (Å²) in [5.74, 6) is -4.00. The van der Waals surface area contributed by atoms with Crippen molar-refractivity contribution >= 4 is 29.3 Å². The van der Waals surface area contributed by atoms with Crippen molar-refractivity contribution in [2.24, 2.45) is 0 Å². The molecule has 0 amide bonds. The number of halogens is 3. The molecular weight excluding hydrogens is 440 g/mol. The maximum atomic E-state index is 14.9. The zero-order valence-corrected chi connectivity index (χ0v) is 19.4. The van der Waals surface area contributed by atoms with E-state index in [-0.39, 0.29) is 11.2 Å². The van der Waals surface area contributed by atoms with Crippen LogP contribution >= 0.6 is 7.14 Å². The first-order valence-corrected chi connectivity index (χ1v) is 12.4. The Morgan fingerprint density at radius 3 is 2.53 bits per heavy atom. The second-order valence-corrected chi connectivity index (χ2v) is 11.7. The Morgan fingerprint density at radius 1 is 1.22 bits per heavy atom. The van der Waals surface area contributed by atoms with Gasteiger partial charge in [-0.2, -0.15) is 8.78 Å². The number of benzene rings is 1. The van der Waals surface area contributed by atoms with Gasteiger partial charge >= 0.3 is 0 Å². The molecule has 0 bridgehead atoms. The van der Waals surface area contributed by atoms with Crippen LogP contribution in [-0.4, -0.2) is 39.0 Å². The molecule has 2 atom stereocenters. The molecule has 0 radical (unpaired) electrons. The molecule has 3 aromatic rings. The summed E-state index contributed by atoms with van der Waals surface area (Å²) in [4.78, 5) is 13.1. The van der Waals surface area contributed by atoms with E-state index in [2.05, 4.69) is 20.3 Å². The fraction of sp³-hybridized carbons (Fsp3) is 0.409. The van der Waals surface area contributed by atoms with Crippen molar-refractivity contribution in [3.05, 3.63) is 53.2 Å². The van der Waals surface area contributed by atoms with Crippen molar-refractivity contribution in [1.29, 1.82) is 0 Å². The van der Waals surface area contributed by atoms with E-state index >= 15 is 0 Å². The highest BCUT2D eigenvalue weighted by Crippen LogP contribution is 2.45. The zero-order chi connectivity index (χ0) is 23.8. The van der Waals surface area contributed by atoms with Crippen molar-refractivity contribution in [2.45, 2.75) is 45.3 Å². The van der Waals surface area contributed by atoms with Gasteiger partial charge in [0.1, 0.15) is 36.6 Å². The van der Waals surface area contributed by atoms with Crippen molar-refractivity contribution < 1.29 is 22.8 Å².